The van der Waals surface area contributed by atoms with Crippen LogP contribution in [0.5, 0.6) is 0 Å². The number of hydrogen-bond donors (Lipinski definition) is 2. The Morgan fingerprint density at radius 2 is 1.90 bits per heavy atom. The summed E-state index contributed by atoms with van der Waals surface area (Å²) >= 11 is 0. The van der Waals surface area contributed by atoms with Crippen molar-refractivity contribution >= 4 is 32.5 Å². The van der Waals surface area contributed by atoms with Crippen LogP contribution in [0.15, 0.2) is 78.2 Å². The van der Waals surface area contributed by atoms with Crippen molar-refractivity contribution in [1.82, 2.24) is 15.0 Å². The summed E-state index contributed by atoms with van der Waals surface area (Å²) in [4.78, 5) is 23.6. The molecule has 2 heterocycles. The van der Waals surface area contributed by atoms with E-state index in [9.17, 15) is 13.2 Å². The van der Waals surface area contributed by atoms with Crippen LogP contribution in [-0.2, 0) is 21.2 Å². The van der Waals surface area contributed by atoms with E-state index in [1.54, 1.807) is 36.7 Å². The fraction of sp³-hybridized carbons (Fsp3) is 0.174. The molecule has 156 valence electrons. The van der Waals surface area contributed by atoms with Crippen molar-refractivity contribution in [3.05, 3.63) is 84.4 Å². The highest BCUT2D eigenvalue weighted by molar-refractivity contribution is 7.92. The first kappa shape index (κ1) is 19.4. The minimum absolute atomic E-state index is 0.0168. The Balaban J connectivity index is 1.24. The molecular formula is C23H20N4O3S. The Hall–Kier alpha value is -3.52. The van der Waals surface area contributed by atoms with Gasteiger partial charge in [-0.3, -0.25) is 9.78 Å². The summed E-state index contributed by atoms with van der Waals surface area (Å²) < 4.78 is 27.3. The number of carbonyl (C=O) groups is 1. The van der Waals surface area contributed by atoms with Crippen molar-refractivity contribution in [2.24, 2.45) is 5.92 Å². The summed E-state index contributed by atoms with van der Waals surface area (Å²) in [6.45, 7) is 0. The van der Waals surface area contributed by atoms with Gasteiger partial charge in [0.15, 0.2) is 0 Å². The average Bonchev–Trinajstić information content (AvgIpc) is 3.43. The number of aromatic nitrogens is 3. The van der Waals surface area contributed by atoms with Crippen LogP contribution in [0.25, 0.3) is 10.8 Å². The monoisotopic (exact) mass is 432 g/mol. The van der Waals surface area contributed by atoms with E-state index < -0.39 is 10.0 Å². The van der Waals surface area contributed by atoms with Crippen LogP contribution in [0.4, 0.5) is 5.95 Å². The predicted octanol–water partition coefficient (Wildman–Crippen LogP) is 3.67. The van der Waals surface area contributed by atoms with E-state index in [4.69, 9.17) is 0 Å². The standard InChI is InChI=1S/C23H20N4O3S/c28-22(12-15-1-2-18-14-24-8-7-17(18)11-15)21-13-20(21)16-3-5-19(6-4-16)31(29,30)27-23-25-9-10-26-23/h1-11,14,20-21H,12-13H2,(H2,25,26,27)/t20?,21-/m1/s1. The van der Waals surface area contributed by atoms with Gasteiger partial charge in [-0.2, -0.15) is 0 Å². The molecule has 1 aliphatic rings. The molecule has 8 heteroatoms. The summed E-state index contributed by atoms with van der Waals surface area (Å²) in [6.07, 6.45) is 7.78. The smallest absolute Gasteiger partial charge is 0.264 e. The number of fused-ring (bicyclic) bond motifs is 1. The zero-order valence-electron chi connectivity index (χ0n) is 16.5. The molecule has 31 heavy (non-hydrogen) atoms. The molecule has 0 saturated heterocycles. The Bertz CT molecular complexity index is 1350. The highest BCUT2D eigenvalue weighted by atomic mass is 32.2. The number of pyridine rings is 1. The van der Waals surface area contributed by atoms with Gasteiger partial charge in [-0.15, -0.1) is 0 Å². The van der Waals surface area contributed by atoms with E-state index in [0.29, 0.717) is 6.42 Å². The van der Waals surface area contributed by atoms with Crippen molar-refractivity contribution in [3.63, 3.8) is 0 Å². The van der Waals surface area contributed by atoms with Gasteiger partial charge in [0.25, 0.3) is 10.0 Å². The molecule has 1 aliphatic carbocycles. The van der Waals surface area contributed by atoms with E-state index in [0.717, 1.165) is 28.3 Å². The van der Waals surface area contributed by atoms with Gasteiger partial charge >= 0.3 is 0 Å². The van der Waals surface area contributed by atoms with E-state index >= 15 is 0 Å². The maximum absolute atomic E-state index is 12.8. The molecule has 1 saturated carbocycles. The Kier molecular flexibility index (Phi) is 4.78. The lowest BCUT2D eigenvalue weighted by Gasteiger charge is -2.07. The molecule has 0 bridgehead atoms. The summed E-state index contributed by atoms with van der Waals surface area (Å²) in [5.74, 6) is 0.514. The molecule has 0 radical (unpaired) electrons. The van der Waals surface area contributed by atoms with E-state index in [2.05, 4.69) is 19.7 Å². The second-order valence-electron chi connectivity index (χ2n) is 7.76. The molecule has 5 rings (SSSR count). The molecule has 0 spiro atoms. The van der Waals surface area contributed by atoms with Gasteiger partial charge in [-0.1, -0.05) is 30.3 Å². The molecule has 7 nitrogen and oxygen atoms in total. The molecule has 1 fully saturated rings. The van der Waals surface area contributed by atoms with Crippen LogP contribution in [0.2, 0.25) is 0 Å². The third kappa shape index (κ3) is 4.06. The number of aromatic amines is 1. The van der Waals surface area contributed by atoms with Crippen LogP contribution < -0.4 is 4.72 Å². The summed E-state index contributed by atoms with van der Waals surface area (Å²) in [7, 11) is -3.71. The Labute approximate surface area is 179 Å². The molecule has 4 aromatic rings. The lowest BCUT2D eigenvalue weighted by atomic mass is 10.0. The van der Waals surface area contributed by atoms with Crippen LogP contribution in [-0.4, -0.2) is 29.2 Å². The number of ketones is 1. The molecular weight excluding hydrogens is 412 g/mol. The minimum atomic E-state index is -3.71. The van der Waals surface area contributed by atoms with Crippen molar-refractivity contribution in [2.75, 3.05) is 4.72 Å². The number of nitrogens with one attached hydrogen (secondary N) is 2. The second kappa shape index (κ2) is 7.63. The Morgan fingerprint density at radius 3 is 2.68 bits per heavy atom. The number of hydrogen-bond acceptors (Lipinski definition) is 5. The molecule has 2 N–H and O–H groups in total. The molecule has 0 aliphatic heterocycles. The van der Waals surface area contributed by atoms with Gasteiger partial charge in [-0.05, 0) is 47.1 Å². The van der Waals surface area contributed by atoms with Gasteiger partial charge in [0.1, 0.15) is 5.78 Å². The summed E-state index contributed by atoms with van der Waals surface area (Å²) in [5.41, 5.74) is 1.99. The van der Waals surface area contributed by atoms with Crippen molar-refractivity contribution in [1.29, 1.82) is 0 Å². The maximum Gasteiger partial charge on any atom is 0.264 e. The highest BCUT2D eigenvalue weighted by Crippen LogP contribution is 2.48. The minimum Gasteiger partial charge on any atom is -0.330 e. The van der Waals surface area contributed by atoms with Crippen molar-refractivity contribution in [2.45, 2.75) is 23.7 Å². The Morgan fingerprint density at radius 1 is 1.06 bits per heavy atom. The van der Waals surface area contributed by atoms with Crippen LogP contribution in [0, 0.1) is 5.92 Å². The third-order valence-electron chi connectivity index (χ3n) is 5.64. The quantitative estimate of drug-likeness (QED) is 0.464. The SMILES string of the molecule is O=C(Cc1ccc2cnccc2c1)[C@@H]1CC1c1ccc(S(=O)(=O)Nc2ncc[nH]2)cc1. The molecule has 0 amide bonds. The average molecular weight is 433 g/mol. The first-order valence-electron chi connectivity index (χ1n) is 9.97. The van der Waals surface area contributed by atoms with E-state index in [1.165, 1.54) is 6.20 Å². The normalized spacial score (nSPS) is 18.1. The van der Waals surface area contributed by atoms with Gasteiger partial charge in [0.2, 0.25) is 5.95 Å². The molecule has 2 aromatic heterocycles. The van der Waals surface area contributed by atoms with Gasteiger partial charge in [0, 0.05) is 42.5 Å². The van der Waals surface area contributed by atoms with E-state index in [-0.39, 0.29) is 28.5 Å². The largest absolute Gasteiger partial charge is 0.330 e. The zero-order chi connectivity index (χ0) is 21.4. The molecule has 2 atom stereocenters. The summed E-state index contributed by atoms with van der Waals surface area (Å²) in [6, 6.07) is 14.7. The topological polar surface area (TPSA) is 105 Å². The van der Waals surface area contributed by atoms with Gasteiger partial charge in [-0.25, -0.2) is 18.1 Å². The number of sulfonamides is 1. The van der Waals surface area contributed by atoms with Crippen molar-refractivity contribution in [3.8, 4) is 0 Å². The second-order valence-corrected chi connectivity index (χ2v) is 9.44. The highest BCUT2D eigenvalue weighted by Gasteiger charge is 2.43. The number of benzene rings is 2. The van der Waals surface area contributed by atoms with Crippen LogP contribution >= 0.6 is 0 Å². The number of rotatable bonds is 7. The number of nitrogens with zero attached hydrogens (tertiary/aromatic N) is 2. The van der Waals surface area contributed by atoms with Crippen molar-refractivity contribution < 1.29 is 13.2 Å². The fourth-order valence-corrected chi connectivity index (χ4v) is 4.87. The van der Waals surface area contributed by atoms with Gasteiger partial charge < -0.3 is 4.98 Å². The lowest BCUT2D eigenvalue weighted by molar-refractivity contribution is -0.119. The first-order valence-corrected chi connectivity index (χ1v) is 11.5. The molecule has 2 aromatic carbocycles. The number of carbonyl (C=O) groups excluding carboxylic acids is 1. The predicted molar refractivity (Wildman–Crippen MR) is 117 cm³/mol. The fourth-order valence-electron chi connectivity index (χ4n) is 3.90. The maximum atomic E-state index is 12.8. The number of anilines is 1. The molecule has 1 unspecified atom stereocenters. The number of Topliss-reactive ketones (excluding diaryl/α,β-unsaturated/α-hetero) is 1. The van der Waals surface area contributed by atoms with E-state index in [1.807, 2.05) is 30.5 Å². The number of imidazole rings is 1. The first-order chi connectivity index (χ1) is 15.0. The van der Waals surface area contributed by atoms with Gasteiger partial charge in [0.05, 0.1) is 4.90 Å². The summed E-state index contributed by atoms with van der Waals surface area (Å²) in [5, 5.41) is 2.13. The third-order valence-corrected chi connectivity index (χ3v) is 6.99. The zero-order valence-corrected chi connectivity index (χ0v) is 17.3. The van der Waals surface area contributed by atoms with Crippen LogP contribution in [0.1, 0.15) is 23.5 Å². The van der Waals surface area contributed by atoms with Crippen LogP contribution in [0.3, 0.4) is 0 Å². The number of H-pyrrole nitrogens is 1. The lowest BCUT2D eigenvalue weighted by Crippen LogP contribution is -2.14.